The maximum Gasteiger partial charge on any atom is 0.257 e. The molecule has 0 spiro atoms. The molecule has 1 aromatic carbocycles. The molecule has 0 saturated carbocycles. The number of carbonyl (C=O) groups is 1. The molecule has 3 aromatic rings. The van der Waals surface area contributed by atoms with Gasteiger partial charge in [-0.3, -0.25) is 10.1 Å². The summed E-state index contributed by atoms with van der Waals surface area (Å²) in [6, 6.07) is 8.34. The number of thiazole rings is 1. The van der Waals surface area contributed by atoms with E-state index >= 15 is 0 Å². The van der Waals surface area contributed by atoms with Crippen LogP contribution in [0.3, 0.4) is 0 Å². The number of aryl methyl sites for hydroxylation is 1. The number of hydrogen-bond donors (Lipinski definition) is 1. The van der Waals surface area contributed by atoms with Gasteiger partial charge in [0.05, 0.1) is 10.6 Å². The second-order valence-corrected chi connectivity index (χ2v) is 6.24. The SMILES string of the molecule is Cc1ccc(C(=O)Nc2nc(-c3cccs3)cs2)cc1F. The first kappa shape index (κ1) is 13.9. The summed E-state index contributed by atoms with van der Waals surface area (Å²) in [4.78, 5) is 17.5. The van der Waals surface area contributed by atoms with Crippen molar-refractivity contribution >= 4 is 33.7 Å². The average Bonchev–Trinajstić information content (AvgIpc) is 3.12. The van der Waals surface area contributed by atoms with Gasteiger partial charge in [-0.15, -0.1) is 22.7 Å². The predicted octanol–water partition coefficient (Wildman–Crippen LogP) is 4.57. The molecule has 0 unspecified atom stereocenters. The molecular formula is C15H11FN2OS2. The summed E-state index contributed by atoms with van der Waals surface area (Å²) >= 11 is 2.94. The van der Waals surface area contributed by atoms with Gasteiger partial charge in [0.25, 0.3) is 5.91 Å². The number of carbonyl (C=O) groups excluding carboxylic acids is 1. The summed E-state index contributed by atoms with van der Waals surface area (Å²) in [7, 11) is 0. The molecule has 0 radical (unpaired) electrons. The molecule has 106 valence electrons. The van der Waals surface area contributed by atoms with Crippen LogP contribution < -0.4 is 5.32 Å². The predicted molar refractivity (Wildman–Crippen MR) is 84.5 cm³/mol. The van der Waals surface area contributed by atoms with Crippen molar-refractivity contribution in [3.05, 3.63) is 58.0 Å². The zero-order valence-electron chi connectivity index (χ0n) is 11.1. The first-order valence-corrected chi connectivity index (χ1v) is 7.96. The number of hydrogen-bond acceptors (Lipinski definition) is 4. The van der Waals surface area contributed by atoms with Crippen LogP contribution in [-0.2, 0) is 0 Å². The molecule has 21 heavy (non-hydrogen) atoms. The fourth-order valence-electron chi connectivity index (χ4n) is 1.77. The molecule has 6 heteroatoms. The zero-order chi connectivity index (χ0) is 14.8. The van der Waals surface area contributed by atoms with E-state index in [2.05, 4.69) is 10.3 Å². The van der Waals surface area contributed by atoms with Crippen LogP contribution in [0.15, 0.2) is 41.1 Å². The summed E-state index contributed by atoms with van der Waals surface area (Å²) in [5.41, 5.74) is 1.63. The van der Waals surface area contributed by atoms with E-state index in [0.29, 0.717) is 10.7 Å². The highest BCUT2D eigenvalue weighted by Crippen LogP contribution is 2.28. The third-order valence-electron chi connectivity index (χ3n) is 2.93. The Morgan fingerprint density at radius 2 is 2.14 bits per heavy atom. The summed E-state index contributed by atoms with van der Waals surface area (Å²) in [5.74, 6) is -0.748. The fraction of sp³-hybridized carbons (Fsp3) is 0.0667. The van der Waals surface area contributed by atoms with Crippen LogP contribution in [0.1, 0.15) is 15.9 Å². The topological polar surface area (TPSA) is 42.0 Å². The lowest BCUT2D eigenvalue weighted by Gasteiger charge is -2.03. The molecule has 1 N–H and O–H groups in total. The molecule has 0 bridgehead atoms. The monoisotopic (exact) mass is 318 g/mol. The van der Waals surface area contributed by atoms with Gasteiger partial charge in [0.1, 0.15) is 5.82 Å². The molecule has 0 aliphatic rings. The van der Waals surface area contributed by atoms with E-state index in [1.807, 2.05) is 22.9 Å². The molecule has 2 heterocycles. The van der Waals surface area contributed by atoms with Crippen molar-refractivity contribution in [2.45, 2.75) is 6.92 Å². The van der Waals surface area contributed by atoms with Gasteiger partial charge >= 0.3 is 0 Å². The van der Waals surface area contributed by atoms with Gasteiger partial charge in [-0.25, -0.2) is 9.37 Å². The zero-order valence-corrected chi connectivity index (χ0v) is 12.7. The Labute approximate surface area is 129 Å². The second kappa shape index (κ2) is 5.75. The summed E-state index contributed by atoms with van der Waals surface area (Å²) in [6.07, 6.45) is 0. The third kappa shape index (κ3) is 3.01. The van der Waals surface area contributed by atoms with Crippen molar-refractivity contribution < 1.29 is 9.18 Å². The van der Waals surface area contributed by atoms with Crippen molar-refractivity contribution in [1.29, 1.82) is 0 Å². The smallest absolute Gasteiger partial charge is 0.257 e. The molecule has 3 nitrogen and oxygen atoms in total. The average molecular weight is 318 g/mol. The lowest BCUT2D eigenvalue weighted by Crippen LogP contribution is -2.12. The highest BCUT2D eigenvalue weighted by Gasteiger charge is 2.11. The van der Waals surface area contributed by atoms with Crippen LogP contribution >= 0.6 is 22.7 Å². The Balaban J connectivity index is 1.77. The van der Waals surface area contributed by atoms with E-state index in [-0.39, 0.29) is 17.3 Å². The number of halogens is 1. The minimum Gasteiger partial charge on any atom is -0.298 e. The lowest BCUT2D eigenvalue weighted by atomic mass is 10.1. The van der Waals surface area contributed by atoms with Crippen LogP contribution in [0, 0.1) is 12.7 Å². The maximum atomic E-state index is 13.5. The maximum absolute atomic E-state index is 13.5. The van der Waals surface area contributed by atoms with Crippen molar-refractivity contribution in [2.75, 3.05) is 5.32 Å². The molecule has 0 saturated heterocycles. The normalized spacial score (nSPS) is 10.6. The lowest BCUT2D eigenvalue weighted by molar-refractivity contribution is 0.102. The third-order valence-corrected chi connectivity index (χ3v) is 4.58. The minimum absolute atomic E-state index is 0.283. The standard InChI is InChI=1S/C15H11FN2OS2/c1-9-4-5-10(7-11(9)16)14(19)18-15-17-12(8-21-15)13-3-2-6-20-13/h2-8H,1H3,(H,17,18,19). The Morgan fingerprint density at radius 3 is 2.86 bits per heavy atom. The molecule has 0 aliphatic heterocycles. The second-order valence-electron chi connectivity index (χ2n) is 4.43. The number of benzene rings is 1. The molecule has 0 aliphatic carbocycles. The van der Waals surface area contributed by atoms with Crippen molar-refractivity contribution in [3.8, 4) is 10.6 Å². The van der Waals surface area contributed by atoms with Gasteiger partial charge in [-0.2, -0.15) is 0 Å². The van der Waals surface area contributed by atoms with E-state index in [9.17, 15) is 9.18 Å². The minimum atomic E-state index is -0.388. The van der Waals surface area contributed by atoms with Crippen molar-refractivity contribution in [2.24, 2.45) is 0 Å². The highest BCUT2D eigenvalue weighted by molar-refractivity contribution is 7.16. The Hall–Kier alpha value is -2.05. The first-order valence-electron chi connectivity index (χ1n) is 6.20. The molecule has 0 fully saturated rings. The molecule has 0 atom stereocenters. The van der Waals surface area contributed by atoms with Gasteiger partial charge in [0.15, 0.2) is 5.13 Å². The van der Waals surface area contributed by atoms with Crippen LogP contribution in [-0.4, -0.2) is 10.9 Å². The number of amides is 1. The van der Waals surface area contributed by atoms with Crippen LogP contribution in [0.2, 0.25) is 0 Å². The molecule has 2 aromatic heterocycles. The van der Waals surface area contributed by atoms with Crippen LogP contribution in [0.25, 0.3) is 10.6 Å². The molecule has 1 amide bonds. The molecular weight excluding hydrogens is 307 g/mol. The fourth-order valence-corrected chi connectivity index (χ4v) is 3.24. The van der Waals surface area contributed by atoms with E-state index in [4.69, 9.17) is 0 Å². The van der Waals surface area contributed by atoms with Crippen LogP contribution in [0.4, 0.5) is 9.52 Å². The van der Waals surface area contributed by atoms with Gasteiger partial charge in [-0.1, -0.05) is 12.1 Å². The summed E-state index contributed by atoms with van der Waals surface area (Å²) in [6.45, 7) is 1.66. The number of rotatable bonds is 3. The Morgan fingerprint density at radius 1 is 1.29 bits per heavy atom. The van der Waals surface area contributed by atoms with Crippen molar-refractivity contribution in [1.82, 2.24) is 4.98 Å². The number of nitrogens with zero attached hydrogens (tertiary/aromatic N) is 1. The molecule has 3 rings (SSSR count). The van der Waals surface area contributed by atoms with Gasteiger partial charge in [-0.05, 0) is 36.1 Å². The number of thiophene rings is 1. The van der Waals surface area contributed by atoms with Gasteiger partial charge in [0.2, 0.25) is 0 Å². The first-order chi connectivity index (χ1) is 10.1. The van der Waals surface area contributed by atoms with Crippen LogP contribution in [0.5, 0.6) is 0 Å². The summed E-state index contributed by atoms with van der Waals surface area (Å²) in [5, 5.41) is 7.06. The number of aromatic nitrogens is 1. The van der Waals surface area contributed by atoms with E-state index in [1.54, 1.807) is 30.4 Å². The van der Waals surface area contributed by atoms with Gasteiger partial charge < -0.3 is 0 Å². The Bertz CT molecular complexity index is 781. The Kier molecular flexibility index (Phi) is 3.81. The van der Waals surface area contributed by atoms with Crippen molar-refractivity contribution in [3.63, 3.8) is 0 Å². The quantitative estimate of drug-likeness (QED) is 0.768. The van der Waals surface area contributed by atoms with E-state index in [0.717, 1.165) is 10.6 Å². The largest absolute Gasteiger partial charge is 0.298 e. The van der Waals surface area contributed by atoms with Gasteiger partial charge in [0, 0.05) is 10.9 Å². The number of nitrogens with one attached hydrogen (secondary N) is 1. The number of anilines is 1. The van der Waals surface area contributed by atoms with E-state index in [1.165, 1.54) is 17.4 Å². The summed E-state index contributed by atoms with van der Waals surface area (Å²) < 4.78 is 13.5. The highest BCUT2D eigenvalue weighted by atomic mass is 32.1. The van der Waals surface area contributed by atoms with E-state index < -0.39 is 0 Å².